The van der Waals surface area contributed by atoms with Crippen molar-refractivity contribution < 1.29 is 14.4 Å². The molecule has 0 radical (unpaired) electrons. The molecule has 0 aliphatic heterocycles. The van der Waals surface area contributed by atoms with Crippen LogP contribution in [0.5, 0.6) is 0 Å². The molecule has 0 fully saturated rings. The fourth-order valence-electron chi connectivity index (χ4n) is 1.45. The van der Waals surface area contributed by atoms with Crippen LogP contribution >= 0.6 is 0 Å². The van der Waals surface area contributed by atoms with E-state index in [4.69, 9.17) is 4.84 Å². The van der Waals surface area contributed by atoms with Crippen molar-refractivity contribution >= 4 is 17.3 Å². The van der Waals surface area contributed by atoms with Gasteiger partial charge in [-0.05, 0) is 19.4 Å². The smallest absolute Gasteiger partial charge is 0.145 e. The van der Waals surface area contributed by atoms with Crippen LogP contribution in [0.2, 0.25) is 0 Å². The van der Waals surface area contributed by atoms with E-state index in [1.54, 1.807) is 6.92 Å². The minimum Gasteiger partial charge on any atom is -0.391 e. The van der Waals surface area contributed by atoms with Crippen LogP contribution in [0.1, 0.15) is 32.3 Å². The molecule has 0 heterocycles. The van der Waals surface area contributed by atoms with Gasteiger partial charge in [0.2, 0.25) is 0 Å². The normalized spacial score (nSPS) is 11.1. The summed E-state index contributed by atoms with van der Waals surface area (Å²) in [5.41, 5.74) is 1.60. The lowest BCUT2D eigenvalue weighted by Gasteiger charge is -2.01. The number of nitrogens with zero attached hydrogens (tertiary/aromatic N) is 1. The first-order chi connectivity index (χ1) is 8.58. The van der Waals surface area contributed by atoms with Gasteiger partial charge in [0.15, 0.2) is 0 Å². The Hall–Kier alpha value is -1.97. The number of hydrogen-bond donors (Lipinski definition) is 0. The third-order valence-electron chi connectivity index (χ3n) is 2.19. The molecule has 0 aliphatic carbocycles. The summed E-state index contributed by atoms with van der Waals surface area (Å²) in [6, 6.07) is 9.65. The highest BCUT2D eigenvalue weighted by atomic mass is 16.6. The van der Waals surface area contributed by atoms with Crippen LogP contribution in [-0.2, 0) is 21.0 Å². The summed E-state index contributed by atoms with van der Waals surface area (Å²) in [7, 11) is 0. The summed E-state index contributed by atoms with van der Waals surface area (Å²) in [5, 5.41) is 3.85. The van der Waals surface area contributed by atoms with Crippen molar-refractivity contribution in [3.63, 3.8) is 0 Å². The maximum Gasteiger partial charge on any atom is 0.145 e. The number of hydrogen-bond acceptors (Lipinski definition) is 4. The highest BCUT2D eigenvalue weighted by molar-refractivity contribution is 6.07. The Kier molecular flexibility index (Phi) is 5.77. The van der Waals surface area contributed by atoms with Crippen molar-refractivity contribution in [3.05, 3.63) is 35.9 Å². The summed E-state index contributed by atoms with van der Waals surface area (Å²) in [6.45, 7) is 3.48. The minimum absolute atomic E-state index is 0.0362. The molecule has 0 atom stereocenters. The van der Waals surface area contributed by atoms with Gasteiger partial charge in [-0.2, -0.15) is 0 Å². The molecule has 0 amide bonds. The molecule has 1 rings (SSSR count). The van der Waals surface area contributed by atoms with Gasteiger partial charge in [0.1, 0.15) is 18.2 Å². The van der Waals surface area contributed by atoms with E-state index in [1.165, 1.54) is 6.92 Å². The summed E-state index contributed by atoms with van der Waals surface area (Å²) >= 11 is 0. The topological polar surface area (TPSA) is 55.7 Å². The van der Waals surface area contributed by atoms with E-state index in [-0.39, 0.29) is 24.4 Å². The van der Waals surface area contributed by atoms with E-state index in [9.17, 15) is 9.59 Å². The van der Waals surface area contributed by atoms with E-state index in [0.717, 1.165) is 5.56 Å². The van der Waals surface area contributed by atoms with Crippen molar-refractivity contribution in [3.8, 4) is 0 Å². The standard InChI is InChI=1S/C14H17NO3/c1-11(8-14(17)9-12(2)16)15-18-10-13-6-4-3-5-7-13/h3-7H,8-10H2,1-2H3. The predicted octanol–water partition coefficient (Wildman–Crippen LogP) is 2.52. The van der Waals surface area contributed by atoms with E-state index in [0.29, 0.717) is 12.3 Å². The maximum absolute atomic E-state index is 11.3. The van der Waals surface area contributed by atoms with E-state index in [2.05, 4.69) is 5.16 Å². The first-order valence-electron chi connectivity index (χ1n) is 5.78. The fraction of sp³-hybridized carbons (Fsp3) is 0.357. The van der Waals surface area contributed by atoms with Crippen LogP contribution in [0.15, 0.2) is 35.5 Å². The van der Waals surface area contributed by atoms with Gasteiger partial charge in [0, 0.05) is 6.42 Å². The minimum atomic E-state index is -0.132. The van der Waals surface area contributed by atoms with Crippen molar-refractivity contribution in [1.29, 1.82) is 0 Å². The highest BCUT2D eigenvalue weighted by Gasteiger charge is 2.07. The molecule has 0 aliphatic rings. The maximum atomic E-state index is 11.3. The molecule has 18 heavy (non-hydrogen) atoms. The van der Waals surface area contributed by atoms with E-state index >= 15 is 0 Å². The number of benzene rings is 1. The molecule has 0 saturated carbocycles. The van der Waals surface area contributed by atoms with Gasteiger partial charge < -0.3 is 4.84 Å². The van der Waals surface area contributed by atoms with Crippen LogP contribution in [-0.4, -0.2) is 17.3 Å². The van der Waals surface area contributed by atoms with Crippen LogP contribution in [0.4, 0.5) is 0 Å². The Morgan fingerprint density at radius 2 is 1.78 bits per heavy atom. The van der Waals surface area contributed by atoms with Crippen molar-refractivity contribution in [2.24, 2.45) is 5.16 Å². The van der Waals surface area contributed by atoms with Gasteiger partial charge in [0.25, 0.3) is 0 Å². The molecule has 0 unspecified atom stereocenters. The zero-order valence-corrected chi connectivity index (χ0v) is 10.7. The Balaban J connectivity index is 2.34. The lowest BCUT2D eigenvalue weighted by molar-refractivity contribution is -0.125. The SMILES string of the molecule is CC(=O)CC(=O)CC(C)=NOCc1ccccc1. The Bertz CT molecular complexity index is 438. The molecule has 1 aromatic carbocycles. The second kappa shape index (κ2) is 7.37. The number of ketones is 2. The van der Waals surface area contributed by atoms with Gasteiger partial charge in [-0.25, -0.2) is 0 Å². The summed E-state index contributed by atoms with van der Waals surface area (Å²) in [4.78, 5) is 27.2. The predicted molar refractivity (Wildman–Crippen MR) is 69.3 cm³/mol. The van der Waals surface area contributed by atoms with Gasteiger partial charge in [-0.15, -0.1) is 0 Å². The Morgan fingerprint density at radius 1 is 1.11 bits per heavy atom. The van der Waals surface area contributed by atoms with Gasteiger partial charge in [-0.3, -0.25) is 9.59 Å². The first kappa shape index (κ1) is 14.1. The van der Waals surface area contributed by atoms with Gasteiger partial charge in [0.05, 0.1) is 12.1 Å². The van der Waals surface area contributed by atoms with Crippen LogP contribution < -0.4 is 0 Å². The quantitative estimate of drug-likeness (QED) is 0.422. The summed E-state index contributed by atoms with van der Waals surface area (Å²) in [6.07, 6.45) is 0.125. The number of carbonyl (C=O) groups is 2. The van der Waals surface area contributed by atoms with Crippen molar-refractivity contribution in [2.75, 3.05) is 0 Å². The van der Waals surface area contributed by atoms with Gasteiger partial charge >= 0.3 is 0 Å². The van der Waals surface area contributed by atoms with E-state index < -0.39 is 0 Å². The van der Waals surface area contributed by atoms with Crippen LogP contribution in [0.25, 0.3) is 0 Å². The highest BCUT2D eigenvalue weighted by Crippen LogP contribution is 2.02. The number of Topliss-reactive ketones (excluding diaryl/α,β-unsaturated/α-hetero) is 2. The zero-order valence-electron chi connectivity index (χ0n) is 10.7. The molecule has 0 spiro atoms. The molecule has 0 bridgehead atoms. The average Bonchev–Trinajstić information content (AvgIpc) is 2.29. The molecule has 0 saturated heterocycles. The zero-order chi connectivity index (χ0) is 13.4. The third kappa shape index (κ3) is 5.94. The third-order valence-corrected chi connectivity index (χ3v) is 2.19. The molecule has 1 aromatic rings. The lowest BCUT2D eigenvalue weighted by atomic mass is 10.1. The second-order valence-corrected chi connectivity index (χ2v) is 4.18. The second-order valence-electron chi connectivity index (χ2n) is 4.18. The average molecular weight is 247 g/mol. The molecule has 96 valence electrons. The molecule has 0 N–H and O–H groups in total. The van der Waals surface area contributed by atoms with Crippen LogP contribution in [0, 0.1) is 0 Å². The number of rotatable bonds is 7. The fourth-order valence-corrected chi connectivity index (χ4v) is 1.45. The Labute approximate surface area is 107 Å². The van der Waals surface area contributed by atoms with Crippen molar-refractivity contribution in [1.82, 2.24) is 0 Å². The number of oxime groups is 1. The molecule has 4 nitrogen and oxygen atoms in total. The monoisotopic (exact) mass is 247 g/mol. The molecule has 0 aromatic heterocycles. The number of carbonyl (C=O) groups excluding carboxylic acids is 2. The van der Waals surface area contributed by atoms with Crippen LogP contribution in [0.3, 0.4) is 0 Å². The molecular weight excluding hydrogens is 230 g/mol. The largest absolute Gasteiger partial charge is 0.391 e. The summed E-state index contributed by atoms with van der Waals surface area (Å²) in [5.74, 6) is -0.259. The molecule has 4 heteroatoms. The lowest BCUT2D eigenvalue weighted by Crippen LogP contribution is -2.09. The Morgan fingerprint density at radius 3 is 2.39 bits per heavy atom. The van der Waals surface area contributed by atoms with Gasteiger partial charge in [-0.1, -0.05) is 35.5 Å². The van der Waals surface area contributed by atoms with Crippen molar-refractivity contribution in [2.45, 2.75) is 33.3 Å². The van der Waals surface area contributed by atoms with E-state index in [1.807, 2.05) is 30.3 Å². The first-order valence-corrected chi connectivity index (χ1v) is 5.78. The molecular formula is C14H17NO3. The summed E-state index contributed by atoms with van der Waals surface area (Å²) < 4.78 is 0.